The quantitative estimate of drug-likeness (QED) is 0.481. The molecule has 0 spiro atoms. The second kappa shape index (κ2) is 8.45. The summed E-state index contributed by atoms with van der Waals surface area (Å²) in [4.78, 5) is 36.8. The number of hydrogen-bond acceptors (Lipinski definition) is 5. The molecule has 3 N–H and O–H groups in total. The molecular weight excluding hydrogens is 453 g/mol. The molecule has 1 saturated heterocycles. The first kappa shape index (κ1) is 23.2. The van der Waals surface area contributed by atoms with Crippen LogP contribution in [0.4, 0.5) is 18.0 Å². The van der Waals surface area contributed by atoms with Crippen LogP contribution >= 0.6 is 0 Å². The summed E-state index contributed by atoms with van der Waals surface area (Å²) in [6.45, 7) is 1.41. The number of ketones is 2. The zero-order valence-electron chi connectivity index (χ0n) is 17.7. The Bertz CT molecular complexity index is 1240. The molecule has 1 aromatic heterocycles. The van der Waals surface area contributed by atoms with E-state index in [9.17, 15) is 32.7 Å². The highest BCUT2D eigenvalue weighted by Crippen LogP contribution is 2.44. The lowest BCUT2D eigenvalue weighted by Crippen LogP contribution is -2.72. The van der Waals surface area contributed by atoms with E-state index in [1.807, 2.05) is 0 Å². The van der Waals surface area contributed by atoms with Crippen LogP contribution in [0.15, 0.2) is 71.1 Å². The number of nitrogens with one attached hydrogen (secondary N) is 2. The topological polar surface area (TPSA) is 109 Å². The zero-order valence-corrected chi connectivity index (χ0v) is 17.7. The predicted molar refractivity (Wildman–Crippen MR) is 114 cm³/mol. The van der Waals surface area contributed by atoms with Crippen molar-refractivity contribution in [2.75, 3.05) is 0 Å². The molecule has 0 aliphatic carbocycles. The fourth-order valence-electron chi connectivity index (χ4n) is 3.90. The van der Waals surface area contributed by atoms with Crippen LogP contribution in [0.2, 0.25) is 0 Å². The molecule has 1 aliphatic heterocycles. The Morgan fingerprint density at radius 3 is 2.21 bits per heavy atom. The molecule has 0 radical (unpaired) electrons. The fourth-order valence-corrected chi connectivity index (χ4v) is 3.90. The molecular formula is C24H19F3N2O5. The summed E-state index contributed by atoms with van der Waals surface area (Å²) in [5.41, 5.74) is -2.94. The summed E-state index contributed by atoms with van der Waals surface area (Å²) < 4.78 is 47.7. The van der Waals surface area contributed by atoms with Gasteiger partial charge in [0.15, 0.2) is 11.6 Å². The molecule has 1 fully saturated rings. The average molecular weight is 472 g/mol. The number of benzene rings is 2. The normalized spacial score (nSPS) is 22.6. The molecule has 0 unspecified atom stereocenters. The van der Waals surface area contributed by atoms with E-state index in [-0.39, 0.29) is 22.9 Å². The molecule has 176 valence electrons. The lowest BCUT2D eigenvalue weighted by molar-refractivity contribution is -0.288. The molecule has 0 bridgehead atoms. The maximum atomic E-state index is 14.0. The van der Waals surface area contributed by atoms with Gasteiger partial charge >= 0.3 is 12.2 Å². The summed E-state index contributed by atoms with van der Waals surface area (Å²) in [5, 5.41) is 14.4. The highest BCUT2D eigenvalue weighted by Gasteiger charge is 2.66. The van der Waals surface area contributed by atoms with E-state index in [0.717, 1.165) is 0 Å². The van der Waals surface area contributed by atoms with Crippen LogP contribution in [-0.2, 0) is 0 Å². The number of urea groups is 1. The van der Waals surface area contributed by atoms with Gasteiger partial charge in [0.1, 0.15) is 23.5 Å². The van der Waals surface area contributed by atoms with Crippen LogP contribution in [0.3, 0.4) is 0 Å². The smallest absolute Gasteiger partial charge is 0.437 e. The number of rotatable bonds is 5. The van der Waals surface area contributed by atoms with Gasteiger partial charge in [-0.15, -0.1) is 0 Å². The molecule has 2 heterocycles. The van der Waals surface area contributed by atoms with E-state index in [0.29, 0.717) is 11.1 Å². The Balaban J connectivity index is 1.77. The molecule has 2 aromatic carbocycles. The first-order valence-corrected chi connectivity index (χ1v) is 10.2. The third-order valence-corrected chi connectivity index (χ3v) is 5.66. The van der Waals surface area contributed by atoms with Gasteiger partial charge in [0.05, 0.1) is 0 Å². The SMILES string of the molecule is CC(=O)c1ccc(-c2ccc([C@H]3NC(=O)N[C@@](O)(C(F)(F)F)[C@H]3C(=O)c3ccccc3)o2)cc1. The number of aliphatic hydroxyl groups is 1. The van der Waals surface area contributed by atoms with Crippen molar-refractivity contribution >= 4 is 17.6 Å². The molecule has 1 aliphatic rings. The molecule has 0 saturated carbocycles. The number of Topliss-reactive ketones (excluding diaryl/α,β-unsaturated/α-hetero) is 2. The molecule has 2 amide bonds. The van der Waals surface area contributed by atoms with Crippen molar-refractivity contribution in [1.82, 2.24) is 10.6 Å². The summed E-state index contributed by atoms with van der Waals surface area (Å²) in [6, 6.07) is 13.3. The van der Waals surface area contributed by atoms with Crippen molar-refractivity contribution in [3.63, 3.8) is 0 Å². The van der Waals surface area contributed by atoms with Crippen molar-refractivity contribution in [3.05, 3.63) is 83.6 Å². The molecule has 10 heteroatoms. The van der Waals surface area contributed by atoms with Crippen molar-refractivity contribution in [3.8, 4) is 11.3 Å². The van der Waals surface area contributed by atoms with Gasteiger partial charge in [0.2, 0.25) is 5.72 Å². The Kier molecular flexibility index (Phi) is 5.78. The van der Waals surface area contributed by atoms with Crippen molar-refractivity contribution in [2.24, 2.45) is 5.92 Å². The lowest BCUT2D eigenvalue weighted by atomic mass is 9.79. The maximum absolute atomic E-state index is 14.0. The van der Waals surface area contributed by atoms with Crippen molar-refractivity contribution < 1.29 is 37.1 Å². The molecule has 4 rings (SSSR count). The van der Waals surface area contributed by atoms with Gasteiger partial charge in [-0.3, -0.25) is 9.59 Å². The third kappa shape index (κ3) is 4.08. The van der Waals surface area contributed by atoms with E-state index < -0.39 is 35.7 Å². The molecule has 34 heavy (non-hydrogen) atoms. The van der Waals surface area contributed by atoms with E-state index in [1.165, 1.54) is 48.6 Å². The summed E-state index contributed by atoms with van der Waals surface area (Å²) >= 11 is 0. The summed E-state index contributed by atoms with van der Waals surface area (Å²) in [7, 11) is 0. The lowest BCUT2D eigenvalue weighted by Gasteiger charge is -2.44. The zero-order chi connectivity index (χ0) is 24.7. The number of carbonyl (C=O) groups is 3. The summed E-state index contributed by atoms with van der Waals surface area (Å²) in [6.07, 6.45) is -5.37. The van der Waals surface area contributed by atoms with Crippen LogP contribution in [0.25, 0.3) is 11.3 Å². The Labute approximate surface area is 191 Å². The minimum absolute atomic E-state index is 0.0790. The number of amides is 2. The Morgan fingerprint density at radius 1 is 0.971 bits per heavy atom. The van der Waals surface area contributed by atoms with Gasteiger partial charge in [-0.2, -0.15) is 13.2 Å². The minimum Gasteiger partial charge on any atom is -0.459 e. The number of carbonyl (C=O) groups excluding carboxylic acids is 3. The van der Waals surface area contributed by atoms with Crippen molar-refractivity contribution in [2.45, 2.75) is 24.9 Å². The number of halogens is 3. The molecule has 3 atom stereocenters. The van der Waals surface area contributed by atoms with E-state index >= 15 is 0 Å². The molecule has 3 aromatic rings. The molecule has 7 nitrogen and oxygen atoms in total. The van der Waals surface area contributed by atoms with Gasteiger partial charge in [0.25, 0.3) is 0 Å². The van der Waals surface area contributed by atoms with Crippen LogP contribution < -0.4 is 10.6 Å². The number of hydrogen-bond donors (Lipinski definition) is 3. The monoisotopic (exact) mass is 472 g/mol. The van der Waals surface area contributed by atoms with Gasteiger partial charge < -0.3 is 20.2 Å². The Hall–Kier alpha value is -3.92. The van der Waals surface area contributed by atoms with Crippen LogP contribution in [0, 0.1) is 5.92 Å². The van der Waals surface area contributed by atoms with E-state index in [4.69, 9.17) is 4.42 Å². The van der Waals surface area contributed by atoms with Crippen LogP contribution in [0.1, 0.15) is 39.4 Å². The third-order valence-electron chi connectivity index (χ3n) is 5.66. The Morgan fingerprint density at radius 2 is 1.62 bits per heavy atom. The minimum atomic E-state index is -5.37. The van der Waals surface area contributed by atoms with Gasteiger partial charge in [0, 0.05) is 16.7 Å². The second-order valence-electron chi connectivity index (χ2n) is 7.88. The van der Waals surface area contributed by atoms with Crippen molar-refractivity contribution in [1.29, 1.82) is 0 Å². The van der Waals surface area contributed by atoms with Crippen LogP contribution in [-0.4, -0.2) is 34.6 Å². The largest absolute Gasteiger partial charge is 0.459 e. The number of furan rings is 1. The summed E-state index contributed by atoms with van der Waals surface area (Å²) in [5.74, 6) is -3.29. The van der Waals surface area contributed by atoms with Gasteiger partial charge in [-0.25, -0.2) is 4.79 Å². The number of alkyl halides is 3. The predicted octanol–water partition coefficient (Wildman–Crippen LogP) is 4.25. The fraction of sp³-hybridized carbons (Fsp3) is 0.208. The highest BCUT2D eigenvalue weighted by molar-refractivity contribution is 6.00. The second-order valence-corrected chi connectivity index (χ2v) is 7.88. The highest BCUT2D eigenvalue weighted by atomic mass is 19.4. The van der Waals surface area contributed by atoms with Gasteiger partial charge in [-0.1, -0.05) is 54.6 Å². The van der Waals surface area contributed by atoms with Crippen LogP contribution in [0.5, 0.6) is 0 Å². The van der Waals surface area contributed by atoms with E-state index in [1.54, 1.807) is 30.3 Å². The maximum Gasteiger partial charge on any atom is 0.437 e. The van der Waals surface area contributed by atoms with Gasteiger partial charge in [-0.05, 0) is 19.1 Å². The first-order chi connectivity index (χ1) is 16.0. The average Bonchev–Trinajstić information content (AvgIpc) is 3.28. The van der Waals surface area contributed by atoms with E-state index in [2.05, 4.69) is 5.32 Å². The first-order valence-electron chi connectivity index (χ1n) is 10.2. The standard InChI is InChI=1S/C24H19F3N2O5/c1-13(30)14-7-9-15(10-8-14)17-11-12-18(34-17)20-19(21(31)16-5-3-2-4-6-16)23(33,24(25,26)27)29-22(32)28-20/h2-12,19-20,33H,1H3,(H2,28,29,32)/t19-,20-,23+/m1/s1.